The van der Waals surface area contributed by atoms with Crippen LogP contribution < -0.4 is 10.2 Å². The maximum atomic E-state index is 5.44. The second-order valence-corrected chi connectivity index (χ2v) is 5.20. The highest BCUT2D eigenvalue weighted by Crippen LogP contribution is 2.22. The van der Waals surface area contributed by atoms with Gasteiger partial charge in [-0.05, 0) is 37.6 Å². The van der Waals surface area contributed by atoms with Gasteiger partial charge in [-0.25, -0.2) is 4.98 Å². The maximum Gasteiger partial charge on any atom is 0.129 e. The van der Waals surface area contributed by atoms with E-state index < -0.39 is 0 Å². The van der Waals surface area contributed by atoms with E-state index in [1.165, 1.54) is 11.3 Å². The normalized spacial score (nSPS) is 19.1. The van der Waals surface area contributed by atoms with E-state index >= 15 is 0 Å². The average Bonchev–Trinajstić information content (AvgIpc) is 2.88. The van der Waals surface area contributed by atoms with E-state index in [1.807, 2.05) is 7.05 Å². The van der Waals surface area contributed by atoms with Gasteiger partial charge in [-0.1, -0.05) is 13.3 Å². The first-order valence-electron chi connectivity index (χ1n) is 7.19. The SMILES string of the molecule is CCCc1cc(CNC)cc(N2CCC(OC)C2)n1. The number of pyridine rings is 1. The summed E-state index contributed by atoms with van der Waals surface area (Å²) in [7, 11) is 3.78. The molecule has 1 N–H and O–H groups in total. The van der Waals surface area contributed by atoms with Gasteiger partial charge >= 0.3 is 0 Å². The van der Waals surface area contributed by atoms with Crippen LogP contribution in [0.25, 0.3) is 0 Å². The van der Waals surface area contributed by atoms with Crippen LogP contribution in [0.2, 0.25) is 0 Å². The van der Waals surface area contributed by atoms with Crippen LogP contribution in [0.1, 0.15) is 31.0 Å². The van der Waals surface area contributed by atoms with E-state index in [4.69, 9.17) is 9.72 Å². The minimum absolute atomic E-state index is 0.351. The predicted octanol–water partition coefficient (Wildman–Crippen LogP) is 1.98. The fourth-order valence-corrected chi connectivity index (χ4v) is 2.61. The van der Waals surface area contributed by atoms with Crippen LogP contribution in [-0.2, 0) is 17.7 Å². The highest BCUT2D eigenvalue weighted by molar-refractivity contribution is 5.44. The fourth-order valence-electron chi connectivity index (χ4n) is 2.61. The van der Waals surface area contributed by atoms with Gasteiger partial charge in [-0.15, -0.1) is 0 Å². The molecule has 19 heavy (non-hydrogen) atoms. The van der Waals surface area contributed by atoms with Crippen LogP contribution in [-0.4, -0.2) is 38.3 Å². The topological polar surface area (TPSA) is 37.4 Å². The van der Waals surface area contributed by atoms with Gasteiger partial charge in [0.05, 0.1) is 6.10 Å². The van der Waals surface area contributed by atoms with Crippen molar-refractivity contribution in [3.05, 3.63) is 23.4 Å². The number of hydrogen-bond acceptors (Lipinski definition) is 4. The molecular formula is C15H25N3O. The number of nitrogens with one attached hydrogen (secondary N) is 1. The number of anilines is 1. The zero-order chi connectivity index (χ0) is 13.7. The van der Waals surface area contributed by atoms with Gasteiger partial charge in [0.1, 0.15) is 5.82 Å². The molecule has 4 heteroatoms. The molecule has 1 saturated heterocycles. The van der Waals surface area contributed by atoms with Gasteiger partial charge in [-0.3, -0.25) is 0 Å². The number of aromatic nitrogens is 1. The Labute approximate surface area is 116 Å². The summed E-state index contributed by atoms with van der Waals surface area (Å²) >= 11 is 0. The summed E-state index contributed by atoms with van der Waals surface area (Å²) in [5.41, 5.74) is 2.52. The first-order valence-corrected chi connectivity index (χ1v) is 7.19. The molecule has 0 bridgehead atoms. The minimum atomic E-state index is 0.351. The number of hydrogen-bond donors (Lipinski definition) is 1. The summed E-state index contributed by atoms with van der Waals surface area (Å²) in [6, 6.07) is 4.42. The van der Waals surface area contributed by atoms with E-state index in [9.17, 15) is 0 Å². The molecule has 0 spiro atoms. The molecule has 4 nitrogen and oxygen atoms in total. The lowest BCUT2D eigenvalue weighted by molar-refractivity contribution is 0.121. The Bertz CT molecular complexity index is 384. The third-order valence-corrected chi connectivity index (χ3v) is 3.61. The summed E-state index contributed by atoms with van der Waals surface area (Å²) in [4.78, 5) is 7.14. The van der Waals surface area contributed by atoms with Crippen LogP contribution in [0, 0.1) is 0 Å². The van der Waals surface area contributed by atoms with Gasteiger partial charge in [0.15, 0.2) is 0 Å². The van der Waals surface area contributed by atoms with Crippen molar-refractivity contribution in [3.63, 3.8) is 0 Å². The Kier molecular flexibility index (Phi) is 5.16. The second kappa shape index (κ2) is 6.87. The van der Waals surface area contributed by atoms with Crippen molar-refractivity contribution < 1.29 is 4.74 Å². The van der Waals surface area contributed by atoms with Crippen LogP contribution in [0.3, 0.4) is 0 Å². The van der Waals surface area contributed by atoms with Crippen molar-refractivity contribution in [1.29, 1.82) is 0 Å². The fraction of sp³-hybridized carbons (Fsp3) is 0.667. The van der Waals surface area contributed by atoms with Crippen LogP contribution in [0.15, 0.2) is 12.1 Å². The standard InChI is InChI=1S/C15H25N3O/c1-4-5-13-8-12(10-16-2)9-15(17-13)18-7-6-14(11-18)19-3/h8-9,14,16H,4-7,10-11H2,1-3H3. The summed E-state index contributed by atoms with van der Waals surface area (Å²) in [6.07, 6.45) is 3.63. The number of methoxy groups -OCH3 is 1. The van der Waals surface area contributed by atoms with Crippen LogP contribution in [0.4, 0.5) is 5.82 Å². The van der Waals surface area contributed by atoms with Crippen molar-refractivity contribution in [2.24, 2.45) is 0 Å². The summed E-state index contributed by atoms with van der Waals surface area (Å²) in [6.45, 7) is 5.09. The van der Waals surface area contributed by atoms with Crippen LogP contribution >= 0.6 is 0 Å². The Hall–Kier alpha value is -1.13. The van der Waals surface area contributed by atoms with Crippen molar-refractivity contribution in [2.75, 3.05) is 32.1 Å². The Morgan fingerprint density at radius 1 is 1.47 bits per heavy atom. The molecule has 0 amide bonds. The lowest BCUT2D eigenvalue weighted by atomic mass is 10.1. The quantitative estimate of drug-likeness (QED) is 0.851. The number of ether oxygens (including phenoxy) is 1. The van der Waals surface area contributed by atoms with E-state index in [0.29, 0.717) is 6.10 Å². The summed E-state index contributed by atoms with van der Waals surface area (Å²) in [5, 5.41) is 3.22. The van der Waals surface area contributed by atoms with Gasteiger partial charge in [0, 0.05) is 32.4 Å². The van der Waals surface area contributed by atoms with E-state index in [0.717, 1.165) is 44.7 Å². The Morgan fingerprint density at radius 3 is 2.95 bits per heavy atom. The molecule has 1 fully saturated rings. The first-order chi connectivity index (χ1) is 9.26. The molecule has 0 saturated carbocycles. The van der Waals surface area contributed by atoms with Crippen molar-refractivity contribution in [1.82, 2.24) is 10.3 Å². The van der Waals surface area contributed by atoms with Gasteiger partial charge in [0.2, 0.25) is 0 Å². The molecule has 1 atom stereocenters. The molecule has 1 aromatic rings. The van der Waals surface area contributed by atoms with Gasteiger partial charge in [0.25, 0.3) is 0 Å². The van der Waals surface area contributed by atoms with Crippen molar-refractivity contribution in [3.8, 4) is 0 Å². The third-order valence-electron chi connectivity index (χ3n) is 3.61. The molecule has 2 heterocycles. The molecular weight excluding hydrogens is 238 g/mol. The molecule has 1 unspecified atom stereocenters. The summed E-state index contributed by atoms with van der Waals surface area (Å²) < 4.78 is 5.44. The second-order valence-electron chi connectivity index (χ2n) is 5.20. The largest absolute Gasteiger partial charge is 0.380 e. The monoisotopic (exact) mass is 263 g/mol. The number of aryl methyl sites for hydroxylation is 1. The van der Waals surface area contributed by atoms with E-state index in [-0.39, 0.29) is 0 Å². The van der Waals surface area contributed by atoms with Gasteiger partial charge in [-0.2, -0.15) is 0 Å². The van der Waals surface area contributed by atoms with Crippen LogP contribution in [0.5, 0.6) is 0 Å². The lowest BCUT2D eigenvalue weighted by Gasteiger charge is -2.19. The highest BCUT2D eigenvalue weighted by Gasteiger charge is 2.23. The molecule has 1 aliphatic heterocycles. The lowest BCUT2D eigenvalue weighted by Crippen LogP contribution is -2.24. The molecule has 1 aromatic heterocycles. The molecule has 0 aliphatic carbocycles. The number of nitrogens with zero attached hydrogens (tertiary/aromatic N) is 2. The average molecular weight is 263 g/mol. The highest BCUT2D eigenvalue weighted by atomic mass is 16.5. The van der Waals surface area contributed by atoms with E-state index in [2.05, 4.69) is 29.3 Å². The molecule has 106 valence electrons. The molecule has 0 radical (unpaired) electrons. The smallest absolute Gasteiger partial charge is 0.129 e. The van der Waals surface area contributed by atoms with Gasteiger partial charge < -0.3 is 15.0 Å². The number of rotatable bonds is 6. The van der Waals surface area contributed by atoms with Crippen molar-refractivity contribution >= 4 is 5.82 Å². The minimum Gasteiger partial charge on any atom is -0.380 e. The molecule has 0 aromatic carbocycles. The zero-order valence-electron chi connectivity index (χ0n) is 12.3. The maximum absolute atomic E-state index is 5.44. The third kappa shape index (κ3) is 3.67. The molecule has 2 rings (SSSR count). The Balaban J connectivity index is 2.18. The van der Waals surface area contributed by atoms with Crippen molar-refractivity contribution in [2.45, 2.75) is 38.8 Å². The molecule has 1 aliphatic rings. The van der Waals surface area contributed by atoms with E-state index in [1.54, 1.807) is 7.11 Å². The zero-order valence-corrected chi connectivity index (χ0v) is 12.3. The summed E-state index contributed by atoms with van der Waals surface area (Å²) in [5.74, 6) is 1.11. The Morgan fingerprint density at radius 2 is 2.32 bits per heavy atom. The first kappa shape index (κ1) is 14.3. The predicted molar refractivity (Wildman–Crippen MR) is 78.6 cm³/mol.